The van der Waals surface area contributed by atoms with E-state index in [1.165, 1.54) is 141 Å². The molecule has 224 valence electrons. The third kappa shape index (κ3) is 29.8. The summed E-state index contributed by atoms with van der Waals surface area (Å²) in [7, 11) is 4.68. The molecule has 0 aliphatic heterocycles. The van der Waals surface area contributed by atoms with Crippen LogP contribution in [0.25, 0.3) is 0 Å². The first-order valence-electron chi connectivity index (χ1n) is 16.6. The second-order valence-corrected chi connectivity index (χ2v) is 12.0. The van der Waals surface area contributed by atoms with Crippen LogP contribution >= 0.6 is 0 Å². The van der Waals surface area contributed by atoms with Crippen LogP contribution in [0.5, 0.6) is 0 Å². The van der Waals surface area contributed by atoms with Gasteiger partial charge in [0.15, 0.2) is 0 Å². The van der Waals surface area contributed by atoms with Gasteiger partial charge in [-0.1, -0.05) is 136 Å². The van der Waals surface area contributed by atoms with E-state index in [0.717, 1.165) is 29.9 Å². The molecule has 0 saturated heterocycles. The van der Waals surface area contributed by atoms with Crippen LogP contribution in [0.1, 0.15) is 175 Å². The fraction of sp³-hybridized carbons (Fsp3) is 0.970. The minimum atomic E-state index is -0.901. The van der Waals surface area contributed by atoms with Crippen molar-refractivity contribution < 1.29 is 14.4 Å². The van der Waals surface area contributed by atoms with Gasteiger partial charge in [-0.25, -0.2) is 0 Å². The Labute approximate surface area is 234 Å². The monoisotopic (exact) mass is 527 g/mol. The average molecular weight is 527 g/mol. The Hall–Kier alpha value is -0.610. The van der Waals surface area contributed by atoms with E-state index in [0.29, 0.717) is 0 Å². The van der Waals surface area contributed by atoms with E-state index in [4.69, 9.17) is 5.73 Å². The molecule has 0 rings (SSSR count). The van der Waals surface area contributed by atoms with Crippen molar-refractivity contribution in [1.82, 2.24) is 0 Å². The molecule has 2 N–H and O–H groups in total. The maximum atomic E-state index is 10.3. The second-order valence-electron chi connectivity index (χ2n) is 12.0. The van der Waals surface area contributed by atoms with Gasteiger partial charge in [-0.3, -0.25) is 0 Å². The molecule has 0 heterocycles. The lowest BCUT2D eigenvalue weighted by molar-refractivity contribution is -0.915. The molecule has 4 heteroatoms. The standard InChI is InChI=1S/C22H44O2.C11H27N2/c1-2-3-4-5-6-7-8-9-10-11-12-13-14-15-16-17-18-19-20-21-22(23)24;1-5-10-13(3,4)11(6-2)8-7-9-12/h2-21H2,1H3,(H,23,24);11H,5-10,12H2,1-4H3/q;+1/p-1. The van der Waals surface area contributed by atoms with E-state index >= 15 is 0 Å². The smallest absolute Gasteiger partial charge is 0.0884 e. The predicted octanol–water partition coefficient (Wildman–Crippen LogP) is 8.55. The summed E-state index contributed by atoms with van der Waals surface area (Å²) in [5.74, 6) is -0.901. The van der Waals surface area contributed by atoms with Crippen molar-refractivity contribution in [3.63, 3.8) is 0 Å². The lowest BCUT2D eigenvalue weighted by Crippen LogP contribution is -2.49. The highest BCUT2D eigenvalue weighted by Gasteiger charge is 2.24. The van der Waals surface area contributed by atoms with Crippen LogP contribution < -0.4 is 10.8 Å². The molecule has 1 unspecified atom stereocenters. The van der Waals surface area contributed by atoms with Gasteiger partial charge in [-0.05, 0) is 38.6 Å². The highest BCUT2D eigenvalue weighted by molar-refractivity contribution is 5.64. The summed E-state index contributed by atoms with van der Waals surface area (Å²) in [4.78, 5) is 10.3. The number of nitrogens with zero attached hydrogens (tertiary/aromatic N) is 1. The molecule has 0 aromatic carbocycles. The van der Waals surface area contributed by atoms with Crippen molar-refractivity contribution in [2.45, 2.75) is 181 Å². The topological polar surface area (TPSA) is 66.1 Å². The van der Waals surface area contributed by atoms with Crippen molar-refractivity contribution >= 4 is 5.97 Å². The van der Waals surface area contributed by atoms with Gasteiger partial charge in [0.05, 0.1) is 26.7 Å². The first-order chi connectivity index (χ1) is 17.9. The summed E-state index contributed by atoms with van der Waals surface area (Å²) in [6.45, 7) is 8.95. The van der Waals surface area contributed by atoms with Crippen molar-refractivity contribution in [2.75, 3.05) is 27.2 Å². The molecule has 0 bridgehead atoms. The normalized spacial score (nSPS) is 12.3. The SMILES string of the molecule is CCCCCCCCCCCCCCCCCCCCCC(=O)[O-].CCC[N+](C)(C)C(CC)CCCN. The average Bonchev–Trinajstić information content (AvgIpc) is 2.86. The quantitative estimate of drug-likeness (QED) is 0.0861. The zero-order valence-corrected chi connectivity index (χ0v) is 26.3. The number of carbonyl (C=O) groups excluding carboxylic acids is 1. The minimum absolute atomic E-state index is 0.235. The van der Waals surface area contributed by atoms with Crippen molar-refractivity contribution in [3.05, 3.63) is 0 Å². The third-order valence-electron chi connectivity index (χ3n) is 7.99. The Bertz CT molecular complexity index is 454. The maximum absolute atomic E-state index is 10.3. The molecule has 0 aromatic heterocycles. The molecule has 0 fully saturated rings. The zero-order valence-electron chi connectivity index (χ0n) is 26.3. The summed E-state index contributed by atoms with van der Waals surface area (Å²) in [6, 6.07) is 0.795. The van der Waals surface area contributed by atoms with Gasteiger partial charge in [0.25, 0.3) is 0 Å². The molecule has 37 heavy (non-hydrogen) atoms. The number of aliphatic carboxylic acids is 1. The van der Waals surface area contributed by atoms with Gasteiger partial charge < -0.3 is 20.1 Å². The van der Waals surface area contributed by atoms with E-state index < -0.39 is 5.97 Å². The molecule has 0 amide bonds. The maximum Gasteiger partial charge on any atom is 0.0884 e. The van der Waals surface area contributed by atoms with Crippen LogP contribution in [-0.2, 0) is 4.79 Å². The Morgan fingerprint density at radius 3 is 1.30 bits per heavy atom. The summed E-state index contributed by atoms with van der Waals surface area (Å²) < 4.78 is 1.16. The third-order valence-corrected chi connectivity index (χ3v) is 7.99. The first kappa shape index (κ1) is 38.5. The van der Waals surface area contributed by atoms with Gasteiger partial charge in [0.1, 0.15) is 0 Å². The van der Waals surface area contributed by atoms with Crippen molar-refractivity contribution in [1.29, 1.82) is 0 Å². The second kappa shape index (κ2) is 29.9. The Morgan fingerprint density at radius 2 is 1.00 bits per heavy atom. The first-order valence-corrected chi connectivity index (χ1v) is 16.6. The Kier molecular flexibility index (Phi) is 31.2. The molecule has 0 saturated carbocycles. The number of quaternary nitrogens is 1. The van der Waals surface area contributed by atoms with E-state index in [1.54, 1.807) is 0 Å². The largest absolute Gasteiger partial charge is 0.550 e. The molecule has 4 nitrogen and oxygen atoms in total. The minimum Gasteiger partial charge on any atom is -0.550 e. The molecule has 0 radical (unpaired) electrons. The van der Waals surface area contributed by atoms with E-state index in [2.05, 4.69) is 34.9 Å². The predicted molar refractivity (Wildman–Crippen MR) is 163 cm³/mol. The molecule has 1 atom stereocenters. The lowest BCUT2D eigenvalue weighted by atomic mass is 10.0. The summed E-state index contributed by atoms with van der Waals surface area (Å²) >= 11 is 0. The number of unbranched alkanes of at least 4 members (excludes halogenated alkanes) is 18. The van der Waals surface area contributed by atoms with Crippen LogP contribution in [0.3, 0.4) is 0 Å². The fourth-order valence-corrected chi connectivity index (χ4v) is 5.51. The van der Waals surface area contributed by atoms with Crippen LogP contribution in [0.4, 0.5) is 0 Å². The van der Waals surface area contributed by atoms with Gasteiger partial charge >= 0.3 is 0 Å². The highest BCUT2D eigenvalue weighted by Crippen LogP contribution is 2.17. The molecule has 0 aliphatic rings. The van der Waals surface area contributed by atoms with Gasteiger partial charge in [0.2, 0.25) is 0 Å². The molecule has 0 spiro atoms. The number of rotatable bonds is 27. The van der Waals surface area contributed by atoms with E-state index in [-0.39, 0.29) is 6.42 Å². The number of carbonyl (C=O) groups is 1. The highest BCUT2D eigenvalue weighted by atomic mass is 16.4. The van der Waals surface area contributed by atoms with Gasteiger partial charge in [-0.2, -0.15) is 0 Å². The van der Waals surface area contributed by atoms with Crippen molar-refractivity contribution in [2.24, 2.45) is 5.73 Å². The summed E-state index contributed by atoms with van der Waals surface area (Å²) in [5.41, 5.74) is 5.54. The van der Waals surface area contributed by atoms with E-state index in [1.807, 2.05) is 0 Å². The van der Waals surface area contributed by atoms with Crippen LogP contribution in [0, 0.1) is 0 Å². The Balaban J connectivity index is 0. The number of hydrogen-bond donors (Lipinski definition) is 1. The molecule has 0 aliphatic carbocycles. The number of carboxylic acid groups (broad SMARTS) is 1. The molecule has 0 aromatic rings. The lowest BCUT2D eigenvalue weighted by Gasteiger charge is -2.37. The van der Waals surface area contributed by atoms with Crippen molar-refractivity contribution in [3.8, 4) is 0 Å². The van der Waals surface area contributed by atoms with E-state index in [9.17, 15) is 9.90 Å². The number of nitrogens with two attached hydrogens (primary N) is 1. The van der Waals surface area contributed by atoms with Crippen LogP contribution in [0.15, 0.2) is 0 Å². The molecular formula is C33H70N2O2. The molecular weight excluding hydrogens is 456 g/mol. The summed E-state index contributed by atoms with van der Waals surface area (Å²) in [6.07, 6.45) is 30.7. The Morgan fingerprint density at radius 1 is 0.622 bits per heavy atom. The van der Waals surface area contributed by atoms with Crippen LogP contribution in [0.2, 0.25) is 0 Å². The van der Waals surface area contributed by atoms with Gasteiger partial charge in [0, 0.05) is 12.4 Å². The fourth-order valence-electron chi connectivity index (χ4n) is 5.51. The zero-order chi connectivity index (χ0) is 28.0. The van der Waals surface area contributed by atoms with Crippen LogP contribution in [-0.4, -0.2) is 43.7 Å². The van der Waals surface area contributed by atoms with Gasteiger partial charge in [-0.15, -0.1) is 0 Å². The number of carboxylic acids is 1. The number of hydrogen-bond acceptors (Lipinski definition) is 3. The summed E-state index contributed by atoms with van der Waals surface area (Å²) in [5, 5.41) is 10.3.